The quantitative estimate of drug-likeness (QED) is 0.600. The monoisotopic (exact) mass is 422 g/mol. The lowest BCUT2D eigenvalue weighted by molar-refractivity contribution is -0.114. The van der Waals surface area contributed by atoms with Gasteiger partial charge < -0.3 is 5.32 Å². The second-order valence-electron chi connectivity index (χ2n) is 7.10. The van der Waals surface area contributed by atoms with Crippen molar-refractivity contribution in [1.29, 1.82) is 0 Å². The largest absolute Gasteiger partial charge is 0.324 e. The van der Waals surface area contributed by atoms with Gasteiger partial charge >= 0.3 is 0 Å². The van der Waals surface area contributed by atoms with Crippen LogP contribution >= 0.6 is 0 Å². The van der Waals surface area contributed by atoms with Gasteiger partial charge in [0.15, 0.2) is 0 Å². The van der Waals surface area contributed by atoms with Crippen molar-refractivity contribution in [3.05, 3.63) is 89.5 Å². The number of sulfonamides is 1. The Morgan fingerprint density at radius 2 is 1.57 bits per heavy atom. The summed E-state index contributed by atoms with van der Waals surface area (Å²) in [6, 6.07) is 21.2. The van der Waals surface area contributed by atoms with Gasteiger partial charge in [-0.3, -0.25) is 9.10 Å². The van der Waals surface area contributed by atoms with Crippen LogP contribution in [0.5, 0.6) is 0 Å². The zero-order valence-electron chi connectivity index (χ0n) is 17.4. The van der Waals surface area contributed by atoms with E-state index in [4.69, 9.17) is 0 Å². The first kappa shape index (κ1) is 21.6. The molecule has 156 valence electrons. The molecule has 0 aliphatic heterocycles. The number of aryl methyl sites for hydroxylation is 2. The molecule has 0 fully saturated rings. The topological polar surface area (TPSA) is 66.5 Å². The second kappa shape index (κ2) is 9.13. The van der Waals surface area contributed by atoms with Crippen LogP contribution in [-0.4, -0.2) is 20.9 Å². The minimum Gasteiger partial charge on any atom is -0.324 e. The molecule has 5 nitrogen and oxygen atoms in total. The van der Waals surface area contributed by atoms with Crippen LogP contribution in [0.4, 0.5) is 11.4 Å². The zero-order valence-corrected chi connectivity index (χ0v) is 18.2. The van der Waals surface area contributed by atoms with Crippen LogP contribution in [0.2, 0.25) is 0 Å². The highest BCUT2D eigenvalue weighted by Gasteiger charge is 2.28. The molecule has 1 amide bonds. The molecule has 0 radical (unpaired) electrons. The molecule has 0 saturated carbocycles. The Labute approximate surface area is 178 Å². The van der Waals surface area contributed by atoms with Gasteiger partial charge in [0.2, 0.25) is 5.91 Å². The molecular formula is C24H26N2O3S. The number of rotatable bonds is 7. The van der Waals surface area contributed by atoms with Gasteiger partial charge in [0, 0.05) is 5.69 Å². The fourth-order valence-electron chi connectivity index (χ4n) is 3.30. The molecule has 0 spiro atoms. The number of nitrogens with zero attached hydrogens (tertiary/aromatic N) is 1. The van der Waals surface area contributed by atoms with Crippen molar-refractivity contribution in [2.45, 2.75) is 32.1 Å². The summed E-state index contributed by atoms with van der Waals surface area (Å²) in [6.45, 7) is 5.47. The Morgan fingerprint density at radius 3 is 2.27 bits per heavy atom. The maximum Gasteiger partial charge on any atom is 0.264 e. The predicted molar refractivity (Wildman–Crippen MR) is 121 cm³/mol. The van der Waals surface area contributed by atoms with Gasteiger partial charge in [0.25, 0.3) is 10.0 Å². The molecule has 6 heteroatoms. The van der Waals surface area contributed by atoms with E-state index in [9.17, 15) is 13.2 Å². The summed E-state index contributed by atoms with van der Waals surface area (Å²) < 4.78 is 28.1. The zero-order chi connectivity index (χ0) is 21.7. The maximum atomic E-state index is 13.5. The number of amides is 1. The van der Waals surface area contributed by atoms with E-state index in [1.54, 1.807) is 30.3 Å². The summed E-state index contributed by atoms with van der Waals surface area (Å²) in [4.78, 5) is 13.1. The molecule has 0 atom stereocenters. The summed E-state index contributed by atoms with van der Waals surface area (Å²) in [7, 11) is -3.92. The van der Waals surface area contributed by atoms with Crippen molar-refractivity contribution in [3.8, 4) is 0 Å². The Bertz CT molecular complexity index is 1140. The first-order valence-corrected chi connectivity index (χ1v) is 11.3. The first-order valence-electron chi connectivity index (χ1n) is 9.86. The number of nitrogens with one attached hydrogen (secondary N) is 1. The highest BCUT2D eigenvalue weighted by Crippen LogP contribution is 2.28. The molecule has 3 aromatic rings. The lowest BCUT2D eigenvalue weighted by Gasteiger charge is -2.26. The molecule has 3 rings (SSSR count). The smallest absolute Gasteiger partial charge is 0.264 e. The summed E-state index contributed by atoms with van der Waals surface area (Å²) in [6.07, 6.45) is 0.763. The van der Waals surface area contributed by atoms with E-state index in [1.165, 1.54) is 16.4 Å². The third-order valence-corrected chi connectivity index (χ3v) is 6.91. The molecule has 3 aromatic carbocycles. The third kappa shape index (κ3) is 4.54. The van der Waals surface area contributed by atoms with Crippen LogP contribution in [0, 0.1) is 13.8 Å². The van der Waals surface area contributed by atoms with E-state index < -0.39 is 15.9 Å². The van der Waals surface area contributed by atoms with E-state index in [0.717, 1.165) is 23.1 Å². The van der Waals surface area contributed by atoms with E-state index in [2.05, 4.69) is 5.32 Å². The molecule has 0 bridgehead atoms. The molecule has 30 heavy (non-hydrogen) atoms. The third-order valence-electron chi connectivity index (χ3n) is 5.14. The number of carbonyl (C=O) groups excluding carboxylic acids is 1. The van der Waals surface area contributed by atoms with Gasteiger partial charge in [-0.2, -0.15) is 0 Å². The summed E-state index contributed by atoms with van der Waals surface area (Å²) in [5.41, 5.74) is 3.96. The van der Waals surface area contributed by atoms with Crippen molar-refractivity contribution in [3.63, 3.8) is 0 Å². The maximum absolute atomic E-state index is 13.5. The first-order chi connectivity index (χ1) is 14.3. The number of hydrogen-bond donors (Lipinski definition) is 1. The average molecular weight is 423 g/mol. The van der Waals surface area contributed by atoms with Gasteiger partial charge in [0.1, 0.15) is 6.54 Å². The molecular weight excluding hydrogens is 396 g/mol. The molecule has 0 aliphatic carbocycles. The van der Waals surface area contributed by atoms with E-state index >= 15 is 0 Å². The minimum atomic E-state index is -3.92. The number of benzene rings is 3. The van der Waals surface area contributed by atoms with Crippen molar-refractivity contribution in [2.75, 3.05) is 16.2 Å². The number of carbonyl (C=O) groups is 1. The fraction of sp³-hybridized carbons (Fsp3) is 0.208. The SMILES string of the molecule is CCc1ccccc1NC(=O)CN(c1cccc(C)c1C)S(=O)(=O)c1ccccc1. The van der Waals surface area contributed by atoms with Crippen molar-refractivity contribution in [1.82, 2.24) is 0 Å². The van der Waals surface area contributed by atoms with Crippen LogP contribution in [-0.2, 0) is 21.2 Å². The minimum absolute atomic E-state index is 0.146. The van der Waals surface area contributed by atoms with Crippen molar-refractivity contribution >= 4 is 27.3 Å². The van der Waals surface area contributed by atoms with Crippen molar-refractivity contribution < 1.29 is 13.2 Å². The molecule has 1 N–H and O–H groups in total. The normalized spacial score (nSPS) is 11.2. The van der Waals surface area contributed by atoms with Gasteiger partial charge in [-0.15, -0.1) is 0 Å². The molecule has 0 aromatic heterocycles. The number of hydrogen-bond acceptors (Lipinski definition) is 3. The predicted octanol–water partition coefficient (Wildman–Crippen LogP) is 4.70. The van der Waals surface area contributed by atoms with E-state index in [0.29, 0.717) is 11.4 Å². The average Bonchev–Trinajstić information content (AvgIpc) is 2.75. The Morgan fingerprint density at radius 1 is 0.900 bits per heavy atom. The lowest BCUT2D eigenvalue weighted by atomic mass is 10.1. The standard InChI is InChI=1S/C24H26N2O3S/c1-4-20-12-8-9-15-22(20)25-24(27)17-26(23-16-10-11-18(2)19(23)3)30(28,29)21-13-6-5-7-14-21/h5-16H,4,17H2,1-3H3,(H,25,27). The van der Waals surface area contributed by atoms with Crippen LogP contribution < -0.4 is 9.62 Å². The Kier molecular flexibility index (Phi) is 6.57. The fourth-order valence-corrected chi connectivity index (χ4v) is 4.80. The van der Waals surface area contributed by atoms with Crippen LogP contribution in [0.15, 0.2) is 77.7 Å². The molecule has 0 saturated heterocycles. The van der Waals surface area contributed by atoms with Crippen LogP contribution in [0.1, 0.15) is 23.6 Å². The summed E-state index contributed by atoms with van der Waals surface area (Å²) >= 11 is 0. The van der Waals surface area contributed by atoms with E-state index in [-0.39, 0.29) is 11.4 Å². The Balaban J connectivity index is 2.00. The van der Waals surface area contributed by atoms with Crippen LogP contribution in [0.25, 0.3) is 0 Å². The summed E-state index contributed by atoms with van der Waals surface area (Å²) in [5, 5.41) is 2.87. The van der Waals surface area contributed by atoms with Gasteiger partial charge in [-0.05, 0) is 61.2 Å². The number of anilines is 2. The molecule has 0 heterocycles. The van der Waals surface area contributed by atoms with Gasteiger partial charge in [-0.25, -0.2) is 8.42 Å². The van der Waals surface area contributed by atoms with E-state index in [1.807, 2.05) is 51.1 Å². The van der Waals surface area contributed by atoms with Gasteiger partial charge in [0.05, 0.1) is 10.6 Å². The Hall–Kier alpha value is -3.12. The molecule has 0 unspecified atom stereocenters. The van der Waals surface area contributed by atoms with Gasteiger partial charge in [-0.1, -0.05) is 55.5 Å². The summed E-state index contributed by atoms with van der Waals surface area (Å²) in [5.74, 6) is -0.392. The highest BCUT2D eigenvalue weighted by molar-refractivity contribution is 7.92. The van der Waals surface area contributed by atoms with Crippen LogP contribution in [0.3, 0.4) is 0 Å². The van der Waals surface area contributed by atoms with Crippen molar-refractivity contribution in [2.24, 2.45) is 0 Å². The lowest BCUT2D eigenvalue weighted by Crippen LogP contribution is -2.38. The second-order valence-corrected chi connectivity index (χ2v) is 8.96. The highest BCUT2D eigenvalue weighted by atomic mass is 32.2. The molecule has 0 aliphatic rings. The number of para-hydroxylation sites is 1.